The van der Waals surface area contributed by atoms with Crippen LogP contribution in [0.25, 0.3) is 118 Å². The van der Waals surface area contributed by atoms with E-state index in [-0.39, 0.29) is 11.8 Å². The lowest BCUT2D eigenvalue weighted by atomic mass is 9.78. The topological polar surface area (TPSA) is 65.0 Å². The molecular formula is C64H43N3O2. The predicted octanol–water partition coefficient (Wildman–Crippen LogP) is 17.1. The van der Waals surface area contributed by atoms with Gasteiger partial charge in [-0.15, -0.1) is 0 Å². The van der Waals surface area contributed by atoms with E-state index < -0.39 is 0 Å². The molecule has 12 aromatic rings. The summed E-state index contributed by atoms with van der Waals surface area (Å²) in [5.74, 6) is 3.12. The fourth-order valence-electron chi connectivity index (χ4n) is 10.4. The average Bonchev–Trinajstić information content (AvgIpc) is 4.01. The normalized spacial score (nSPS) is 14.4. The van der Waals surface area contributed by atoms with E-state index in [1.54, 1.807) is 0 Å². The highest BCUT2D eigenvalue weighted by Gasteiger charge is 2.31. The second kappa shape index (κ2) is 16.7. The van der Waals surface area contributed by atoms with Crippen molar-refractivity contribution in [2.45, 2.75) is 18.8 Å². The maximum atomic E-state index is 6.83. The zero-order chi connectivity index (χ0) is 45.8. The van der Waals surface area contributed by atoms with Crippen LogP contribution in [0.1, 0.15) is 35.6 Å². The van der Waals surface area contributed by atoms with Crippen molar-refractivity contribution in [2.24, 2.45) is 0 Å². The van der Waals surface area contributed by atoms with Crippen molar-refractivity contribution in [3.8, 4) is 78.7 Å². The molecule has 3 aromatic heterocycles. The molecule has 3 heterocycles. The number of para-hydroxylation sites is 2. The minimum atomic E-state index is 0.174. The molecule has 0 N–H and O–H groups in total. The van der Waals surface area contributed by atoms with Crippen LogP contribution in [0.15, 0.2) is 233 Å². The van der Waals surface area contributed by atoms with Gasteiger partial charge in [-0.05, 0) is 57.0 Å². The van der Waals surface area contributed by atoms with Gasteiger partial charge < -0.3 is 8.83 Å². The lowest BCUT2D eigenvalue weighted by Gasteiger charge is -2.25. The quantitative estimate of drug-likeness (QED) is 0.152. The van der Waals surface area contributed by atoms with Gasteiger partial charge in [0.1, 0.15) is 22.5 Å². The Morgan fingerprint density at radius 2 is 0.841 bits per heavy atom. The summed E-state index contributed by atoms with van der Waals surface area (Å²) in [4.78, 5) is 15.5. The molecule has 5 heteroatoms. The van der Waals surface area contributed by atoms with Crippen LogP contribution in [-0.4, -0.2) is 15.0 Å². The summed E-state index contributed by atoms with van der Waals surface area (Å²) in [6.07, 6.45) is 4.40. The first kappa shape index (κ1) is 40.4. The number of nitrogens with zero attached hydrogens (tertiary/aromatic N) is 3. The van der Waals surface area contributed by atoms with Gasteiger partial charge in [-0.3, -0.25) is 0 Å². The molecule has 0 spiro atoms. The Bertz CT molecular complexity index is 3890. The Labute approximate surface area is 399 Å². The first-order valence-corrected chi connectivity index (χ1v) is 23.5. The minimum absolute atomic E-state index is 0.174. The fraction of sp³-hybridized carbons (Fsp3) is 0.0469. The van der Waals surface area contributed by atoms with Crippen molar-refractivity contribution in [3.05, 3.63) is 241 Å². The summed E-state index contributed by atoms with van der Waals surface area (Å²) in [5, 5.41) is 3.27. The lowest BCUT2D eigenvalue weighted by molar-refractivity contribution is 0.573. The van der Waals surface area contributed by atoms with Crippen LogP contribution in [-0.2, 0) is 0 Å². The summed E-state index contributed by atoms with van der Waals surface area (Å²) in [7, 11) is 0. The third-order valence-corrected chi connectivity index (χ3v) is 13.8. The number of furan rings is 2. The molecule has 69 heavy (non-hydrogen) atoms. The van der Waals surface area contributed by atoms with E-state index in [9.17, 15) is 0 Å². The third kappa shape index (κ3) is 7.06. The minimum Gasteiger partial charge on any atom is -0.456 e. The molecule has 1 aliphatic rings. The number of aromatic nitrogens is 3. The van der Waals surface area contributed by atoms with Crippen LogP contribution in [0.3, 0.4) is 0 Å². The number of rotatable bonds is 8. The first-order chi connectivity index (χ1) is 34.1. The van der Waals surface area contributed by atoms with Crippen molar-refractivity contribution >= 4 is 39.0 Å². The van der Waals surface area contributed by atoms with Crippen molar-refractivity contribution in [1.82, 2.24) is 15.0 Å². The van der Waals surface area contributed by atoms with Gasteiger partial charge in [-0.2, -0.15) is 0 Å². The van der Waals surface area contributed by atoms with Crippen molar-refractivity contribution in [3.63, 3.8) is 0 Å². The van der Waals surface area contributed by atoms with Crippen LogP contribution in [0.5, 0.6) is 0 Å². The number of hydrogen-bond donors (Lipinski definition) is 0. The molecule has 5 nitrogen and oxygen atoms in total. The third-order valence-electron chi connectivity index (χ3n) is 13.8. The van der Waals surface area contributed by atoms with Crippen LogP contribution in [0, 0.1) is 0 Å². The maximum absolute atomic E-state index is 6.83. The molecular weight excluding hydrogens is 843 g/mol. The highest BCUT2D eigenvalue weighted by molar-refractivity contribution is 6.13. The standard InChI is InChI=1S/C64H43N3O2/c1-40-48(43-16-5-2-6-17-43)38-39-57-58(40)59-55(28-15-29-56(59)68-57)64-66-62(46-20-9-4-10-21-46)65-63(67-64)47-36-32-42(33-37-47)41-30-34-45(35-31-41)49-22-11-12-23-51(49)52-25-14-27-54-53-26-13-24-50(60(53)69-61(52)54)44-18-7-3-8-19-44/h2-40,48H,1H3. The molecule has 0 saturated carbocycles. The Kier molecular flexibility index (Phi) is 9.79. The van der Waals surface area contributed by atoms with Crippen molar-refractivity contribution in [2.75, 3.05) is 0 Å². The van der Waals surface area contributed by atoms with Gasteiger partial charge in [0.15, 0.2) is 17.5 Å². The van der Waals surface area contributed by atoms with Crippen LogP contribution >= 0.6 is 0 Å². The number of benzene rings is 9. The van der Waals surface area contributed by atoms with Crippen LogP contribution < -0.4 is 0 Å². The molecule has 2 unspecified atom stereocenters. The first-order valence-electron chi connectivity index (χ1n) is 23.5. The van der Waals surface area contributed by atoms with Crippen LogP contribution in [0.2, 0.25) is 0 Å². The Morgan fingerprint density at radius 1 is 0.362 bits per heavy atom. The monoisotopic (exact) mass is 885 g/mol. The second-order valence-corrected chi connectivity index (χ2v) is 17.8. The molecule has 1 aliphatic carbocycles. The summed E-state index contributed by atoms with van der Waals surface area (Å²) >= 11 is 0. The van der Waals surface area contributed by atoms with Gasteiger partial charge in [0, 0.05) is 55.5 Å². The average molecular weight is 886 g/mol. The molecule has 0 amide bonds. The molecule has 9 aromatic carbocycles. The molecule has 0 aliphatic heterocycles. The van der Waals surface area contributed by atoms with Gasteiger partial charge in [0.2, 0.25) is 0 Å². The van der Waals surface area contributed by atoms with E-state index in [1.165, 1.54) is 11.1 Å². The van der Waals surface area contributed by atoms with E-state index >= 15 is 0 Å². The van der Waals surface area contributed by atoms with Gasteiger partial charge in [-0.25, -0.2) is 15.0 Å². The van der Waals surface area contributed by atoms with Gasteiger partial charge in [0.05, 0.1) is 0 Å². The zero-order valence-electron chi connectivity index (χ0n) is 37.8. The van der Waals surface area contributed by atoms with E-state index in [2.05, 4.69) is 189 Å². The molecule has 326 valence electrons. The van der Waals surface area contributed by atoms with E-state index in [1.807, 2.05) is 48.5 Å². The number of fused-ring (bicyclic) bond motifs is 6. The summed E-state index contributed by atoms with van der Waals surface area (Å²) < 4.78 is 13.4. The highest BCUT2D eigenvalue weighted by atomic mass is 16.3. The Morgan fingerprint density at radius 3 is 1.52 bits per heavy atom. The molecule has 0 fully saturated rings. The SMILES string of the molecule is CC1c2c(oc3cccc(-c4nc(-c5ccccc5)nc(-c5ccc(-c6ccc(-c7ccccc7-c7cccc8c7oc7c(-c9ccccc9)cccc78)cc6)cc5)n4)c23)C=CC1c1ccccc1. The molecule has 2 atom stereocenters. The molecule has 0 saturated heterocycles. The largest absolute Gasteiger partial charge is 0.456 e. The van der Waals surface area contributed by atoms with E-state index in [4.69, 9.17) is 23.8 Å². The van der Waals surface area contributed by atoms with Crippen molar-refractivity contribution in [1.29, 1.82) is 0 Å². The van der Waals surface area contributed by atoms with Crippen LogP contribution in [0.4, 0.5) is 0 Å². The summed E-state index contributed by atoms with van der Waals surface area (Å²) in [6.45, 7) is 2.29. The van der Waals surface area contributed by atoms with Gasteiger partial charge in [-0.1, -0.05) is 225 Å². The Hall–Kier alpha value is -8.93. The maximum Gasteiger partial charge on any atom is 0.164 e. The predicted molar refractivity (Wildman–Crippen MR) is 282 cm³/mol. The van der Waals surface area contributed by atoms with E-state index in [0.717, 1.165) is 99.9 Å². The fourth-order valence-corrected chi connectivity index (χ4v) is 10.4. The van der Waals surface area contributed by atoms with Crippen molar-refractivity contribution < 1.29 is 8.83 Å². The number of hydrogen-bond acceptors (Lipinski definition) is 5. The zero-order valence-corrected chi connectivity index (χ0v) is 37.8. The molecule has 13 rings (SSSR count). The lowest BCUT2D eigenvalue weighted by Crippen LogP contribution is -2.10. The Balaban J connectivity index is 0.840. The molecule has 0 radical (unpaired) electrons. The summed E-state index contributed by atoms with van der Waals surface area (Å²) in [5.41, 5.74) is 16.7. The van der Waals surface area contributed by atoms with Gasteiger partial charge >= 0.3 is 0 Å². The van der Waals surface area contributed by atoms with E-state index in [0.29, 0.717) is 17.5 Å². The molecule has 0 bridgehead atoms. The summed E-state index contributed by atoms with van der Waals surface area (Å²) in [6, 6.07) is 76.4. The smallest absolute Gasteiger partial charge is 0.164 e. The highest BCUT2D eigenvalue weighted by Crippen LogP contribution is 2.48. The number of allylic oxidation sites excluding steroid dienone is 1. The van der Waals surface area contributed by atoms with Gasteiger partial charge in [0.25, 0.3) is 0 Å². The second-order valence-electron chi connectivity index (χ2n) is 17.8.